The Labute approximate surface area is 109 Å². The monoisotopic (exact) mass is 263 g/mol. The first-order valence-electron chi connectivity index (χ1n) is 5.83. The zero-order chi connectivity index (χ0) is 13.8. The fraction of sp³-hybridized carbons (Fsp3) is 0.214. The quantitative estimate of drug-likeness (QED) is 0.888. The van der Waals surface area contributed by atoms with Crippen molar-refractivity contribution in [1.29, 1.82) is 0 Å². The summed E-state index contributed by atoms with van der Waals surface area (Å²) in [4.78, 5) is 12.1. The summed E-state index contributed by atoms with van der Waals surface area (Å²) in [6, 6.07) is 6.66. The number of nitrogens with one attached hydrogen (secondary N) is 1. The minimum atomic E-state index is -0.648. The van der Waals surface area contributed by atoms with Crippen molar-refractivity contribution < 1.29 is 18.7 Å². The second-order valence-electron chi connectivity index (χ2n) is 4.18. The normalized spacial score (nSPS) is 12.2. The molecule has 5 heteroatoms. The molecule has 0 aliphatic heterocycles. The Morgan fingerprint density at radius 3 is 2.89 bits per heavy atom. The Hall–Kier alpha value is -2.14. The third-order valence-corrected chi connectivity index (χ3v) is 2.82. The van der Waals surface area contributed by atoms with Gasteiger partial charge in [0.05, 0.1) is 12.9 Å². The number of benzene rings is 1. The van der Waals surface area contributed by atoms with Crippen molar-refractivity contribution >= 4 is 5.91 Å². The van der Waals surface area contributed by atoms with Gasteiger partial charge in [-0.05, 0) is 36.8 Å². The lowest BCUT2D eigenvalue weighted by molar-refractivity contribution is 0.0906. The molecule has 0 fully saturated rings. The van der Waals surface area contributed by atoms with E-state index in [9.17, 15) is 14.3 Å². The molecule has 1 aromatic carbocycles. The van der Waals surface area contributed by atoms with Crippen LogP contribution >= 0.6 is 0 Å². The van der Waals surface area contributed by atoms with Crippen LogP contribution in [-0.2, 0) is 0 Å². The number of halogens is 1. The minimum Gasteiger partial charge on any atom is -0.467 e. The van der Waals surface area contributed by atoms with E-state index in [0.29, 0.717) is 11.3 Å². The molecule has 2 N–H and O–H groups in total. The standard InChI is InChI=1S/C14H14FNO3/c1-9-4-5-10(15)7-11(9)14(18)16-12(8-17)13-3-2-6-19-13/h2-7,12,17H,8H2,1H3,(H,16,18). The Morgan fingerprint density at radius 1 is 1.47 bits per heavy atom. The van der Waals surface area contributed by atoms with E-state index in [2.05, 4.69) is 5.32 Å². The summed E-state index contributed by atoms with van der Waals surface area (Å²) >= 11 is 0. The fourth-order valence-corrected chi connectivity index (χ4v) is 1.77. The smallest absolute Gasteiger partial charge is 0.252 e. The number of rotatable bonds is 4. The lowest BCUT2D eigenvalue weighted by atomic mass is 10.1. The first-order valence-corrected chi connectivity index (χ1v) is 5.83. The van der Waals surface area contributed by atoms with E-state index in [1.165, 1.54) is 24.5 Å². The van der Waals surface area contributed by atoms with Gasteiger partial charge in [-0.2, -0.15) is 0 Å². The average molecular weight is 263 g/mol. The predicted molar refractivity (Wildman–Crippen MR) is 67.1 cm³/mol. The van der Waals surface area contributed by atoms with Gasteiger partial charge in [0.2, 0.25) is 0 Å². The number of furan rings is 1. The Balaban J connectivity index is 2.18. The van der Waals surface area contributed by atoms with Gasteiger partial charge in [0, 0.05) is 5.56 Å². The van der Waals surface area contributed by atoms with E-state index in [1.807, 2.05) is 0 Å². The van der Waals surface area contributed by atoms with Gasteiger partial charge in [-0.1, -0.05) is 6.07 Å². The van der Waals surface area contributed by atoms with Gasteiger partial charge in [-0.25, -0.2) is 4.39 Å². The van der Waals surface area contributed by atoms with Crippen LogP contribution in [0, 0.1) is 12.7 Å². The van der Waals surface area contributed by atoms with Crippen molar-refractivity contribution in [1.82, 2.24) is 5.32 Å². The first kappa shape index (κ1) is 13.3. The molecule has 0 saturated carbocycles. The summed E-state index contributed by atoms with van der Waals surface area (Å²) in [5.74, 6) is -0.480. The Kier molecular flexibility index (Phi) is 3.97. The number of carbonyl (C=O) groups excluding carboxylic acids is 1. The summed E-state index contributed by atoms with van der Waals surface area (Å²) in [7, 11) is 0. The van der Waals surface area contributed by atoms with Crippen LogP contribution < -0.4 is 5.32 Å². The maximum absolute atomic E-state index is 13.2. The van der Waals surface area contributed by atoms with Crippen LogP contribution in [0.25, 0.3) is 0 Å². The molecule has 0 saturated heterocycles. The van der Waals surface area contributed by atoms with Crippen molar-refractivity contribution in [2.45, 2.75) is 13.0 Å². The van der Waals surface area contributed by atoms with E-state index >= 15 is 0 Å². The van der Waals surface area contributed by atoms with Gasteiger partial charge in [0.15, 0.2) is 0 Å². The van der Waals surface area contributed by atoms with Crippen molar-refractivity contribution in [2.75, 3.05) is 6.61 Å². The third-order valence-electron chi connectivity index (χ3n) is 2.82. The van der Waals surface area contributed by atoms with Gasteiger partial charge in [0.25, 0.3) is 5.91 Å². The van der Waals surface area contributed by atoms with E-state index in [1.54, 1.807) is 19.1 Å². The van der Waals surface area contributed by atoms with Crippen molar-refractivity contribution in [2.24, 2.45) is 0 Å². The molecule has 0 spiro atoms. The third kappa shape index (κ3) is 3.00. The topological polar surface area (TPSA) is 62.5 Å². The number of hydrogen-bond acceptors (Lipinski definition) is 3. The molecule has 0 aliphatic carbocycles. The van der Waals surface area contributed by atoms with Gasteiger partial charge < -0.3 is 14.8 Å². The van der Waals surface area contributed by atoms with E-state index in [-0.39, 0.29) is 12.2 Å². The van der Waals surface area contributed by atoms with Crippen LogP contribution in [0.3, 0.4) is 0 Å². The van der Waals surface area contributed by atoms with Crippen molar-refractivity contribution in [3.63, 3.8) is 0 Å². The number of aliphatic hydroxyl groups is 1. The second-order valence-corrected chi connectivity index (χ2v) is 4.18. The molecular formula is C14H14FNO3. The number of amides is 1. The van der Waals surface area contributed by atoms with E-state index in [0.717, 1.165) is 0 Å². The summed E-state index contributed by atoms with van der Waals surface area (Å²) in [6.07, 6.45) is 1.46. The van der Waals surface area contributed by atoms with Crippen LogP contribution in [0.4, 0.5) is 4.39 Å². The Morgan fingerprint density at radius 2 is 2.26 bits per heavy atom. The molecule has 0 radical (unpaired) electrons. The highest BCUT2D eigenvalue weighted by atomic mass is 19.1. The maximum Gasteiger partial charge on any atom is 0.252 e. The Bertz CT molecular complexity index is 566. The minimum absolute atomic E-state index is 0.241. The van der Waals surface area contributed by atoms with Gasteiger partial charge in [-0.15, -0.1) is 0 Å². The van der Waals surface area contributed by atoms with Crippen molar-refractivity contribution in [3.05, 3.63) is 59.3 Å². The van der Waals surface area contributed by atoms with Crippen LogP contribution in [0.5, 0.6) is 0 Å². The average Bonchev–Trinajstić information content (AvgIpc) is 2.92. The largest absolute Gasteiger partial charge is 0.467 e. The first-order chi connectivity index (χ1) is 9.11. The SMILES string of the molecule is Cc1ccc(F)cc1C(=O)NC(CO)c1ccco1. The number of aliphatic hydroxyl groups excluding tert-OH is 1. The molecule has 0 bridgehead atoms. The maximum atomic E-state index is 13.2. The van der Waals surface area contributed by atoms with E-state index < -0.39 is 17.8 Å². The molecule has 2 rings (SSSR count). The number of carbonyl (C=O) groups is 1. The second kappa shape index (κ2) is 5.67. The molecule has 19 heavy (non-hydrogen) atoms. The summed E-state index contributed by atoms with van der Waals surface area (Å²) < 4.78 is 18.3. The molecule has 1 atom stereocenters. The van der Waals surface area contributed by atoms with Crippen LogP contribution in [0.15, 0.2) is 41.0 Å². The highest BCUT2D eigenvalue weighted by Crippen LogP contribution is 2.15. The molecule has 1 aromatic heterocycles. The van der Waals surface area contributed by atoms with Crippen LogP contribution in [0.2, 0.25) is 0 Å². The fourth-order valence-electron chi connectivity index (χ4n) is 1.77. The van der Waals surface area contributed by atoms with Gasteiger partial charge in [0.1, 0.15) is 17.6 Å². The molecule has 1 heterocycles. The zero-order valence-corrected chi connectivity index (χ0v) is 10.4. The zero-order valence-electron chi connectivity index (χ0n) is 10.4. The molecule has 1 unspecified atom stereocenters. The number of hydrogen-bond donors (Lipinski definition) is 2. The predicted octanol–water partition coefficient (Wildman–Crippen LogP) is 2.19. The molecule has 2 aromatic rings. The van der Waals surface area contributed by atoms with Crippen LogP contribution in [-0.4, -0.2) is 17.6 Å². The molecule has 100 valence electrons. The van der Waals surface area contributed by atoms with Crippen LogP contribution in [0.1, 0.15) is 27.7 Å². The highest BCUT2D eigenvalue weighted by molar-refractivity contribution is 5.95. The number of aryl methyl sites for hydroxylation is 1. The summed E-state index contributed by atoms with van der Waals surface area (Å²) in [5, 5.41) is 11.9. The molecule has 0 aliphatic rings. The highest BCUT2D eigenvalue weighted by Gasteiger charge is 2.18. The lowest BCUT2D eigenvalue weighted by Crippen LogP contribution is -2.31. The van der Waals surface area contributed by atoms with Crippen molar-refractivity contribution in [3.8, 4) is 0 Å². The summed E-state index contributed by atoms with van der Waals surface area (Å²) in [5.41, 5.74) is 0.903. The molecular weight excluding hydrogens is 249 g/mol. The van der Waals surface area contributed by atoms with Gasteiger partial charge >= 0.3 is 0 Å². The molecule has 4 nitrogen and oxygen atoms in total. The van der Waals surface area contributed by atoms with Gasteiger partial charge in [-0.3, -0.25) is 4.79 Å². The summed E-state index contributed by atoms with van der Waals surface area (Å²) in [6.45, 7) is 1.42. The molecule has 1 amide bonds. The van der Waals surface area contributed by atoms with E-state index in [4.69, 9.17) is 4.42 Å². The lowest BCUT2D eigenvalue weighted by Gasteiger charge is -2.15.